The van der Waals surface area contributed by atoms with Gasteiger partial charge in [0, 0.05) is 11.8 Å². The van der Waals surface area contributed by atoms with Crippen LogP contribution in [0.1, 0.15) is 10.4 Å². The minimum Gasteiger partial charge on any atom is -0.497 e. The number of carbonyl (C=O) groups is 1. The molecular weight excluding hydrogens is 344 g/mol. The lowest BCUT2D eigenvalue weighted by Gasteiger charge is -2.13. The molecule has 0 aliphatic heterocycles. The van der Waals surface area contributed by atoms with E-state index in [9.17, 15) is 4.79 Å². The lowest BCUT2D eigenvalue weighted by molar-refractivity contribution is 0.102. The molecule has 0 spiro atoms. The van der Waals surface area contributed by atoms with Crippen LogP contribution >= 0.6 is 11.6 Å². The number of amides is 1. The predicted molar refractivity (Wildman–Crippen MR) is 93.9 cm³/mol. The van der Waals surface area contributed by atoms with E-state index in [-0.39, 0.29) is 5.91 Å². The third-order valence-corrected chi connectivity index (χ3v) is 3.90. The molecule has 0 saturated heterocycles. The molecule has 1 aromatic heterocycles. The highest BCUT2D eigenvalue weighted by Gasteiger charge is 2.15. The van der Waals surface area contributed by atoms with E-state index in [4.69, 9.17) is 21.1 Å². The molecule has 0 fully saturated rings. The Bertz CT molecular complexity index is 897. The van der Waals surface area contributed by atoms with E-state index in [1.165, 1.54) is 19.8 Å². The summed E-state index contributed by atoms with van der Waals surface area (Å²) in [5, 5.41) is 10.6. The molecular formula is C17H15ClN4O3. The van der Waals surface area contributed by atoms with Gasteiger partial charge < -0.3 is 14.8 Å². The normalized spacial score (nSPS) is 10.4. The molecule has 7 nitrogen and oxygen atoms in total. The SMILES string of the molecule is COc1ccc(NC(=O)c2cc(-n3cnnc3)ccc2Cl)c(OC)c1. The molecule has 0 radical (unpaired) electrons. The Kier molecular flexibility index (Phi) is 4.85. The Hall–Kier alpha value is -3.06. The molecule has 0 atom stereocenters. The highest BCUT2D eigenvalue weighted by Crippen LogP contribution is 2.30. The maximum Gasteiger partial charge on any atom is 0.257 e. The van der Waals surface area contributed by atoms with Crippen LogP contribution in [0.25, 0.3) is 5.69 Å². The first-order chi connectivity index (χ1) is 12.1. The second-order valence-electron chi connectivity index (χ2n) is 5.05. The molecule has 0 aliphatic rings. The van der Waals surface area contributed by atoms with Gasteiger partial charge in [0.15, 0.2) is 0 Å². The van der Waals surface area contributed by atoms with E-state index in [1.54, 1.807) is 48.1 Å². The molecule has 3 rings (SSSR count). The second-order valence-corrected chi connectivity index (χ2v) is 5.46. The van der Waals surface area contributed by atoms with Crippen LogP contribution in [-0.4, -0.2) is 34.9 Å². The van der Waals surface area contributed by atoms with Crippen molar-refractivity contribution >= 4 is 23.2 Å². The van der Waals surface area contributed by atoms with Gasteiger partial charge in [-0.15, -0.1) is 10.2 Å². The van der Waals surface area contributed by atoms with Crippen molar-refractivity contribution in [1.82, 2.24) is 14.8 Å². The summed E-state index contributed by atoms with van der Waals surface area (Å²) in [6.07, 6.45) is 3.08. The van der Waals surface area contributed by atoms with Crippen LogP contribution in [0.4, 0.5) is 5.69 Å². The van der Waals surface area contributed by atoms with Gasteiger partial charge >= 0.3 is 0 Å². The number of hydrogen-bond donors (Lipinski definition) is 1. The third kappa shape index (κ3) is 3.56. The summed E-state index contributed by atoms with van der Waals surface area (Å²) in [7, 11) is 3.08. The van der Waals surface area contributed by atoms with Crippen molar-refractivity contribution in [2.75, 3.05) is 19.5 Å². The molecule has 3 aromatic rings. The van der Waals surface area contributed by atoms with Crippen LogP contribution in [0, 0.1) is 0 Å². The fourth-order valence-electron chi connectivity index (χ4n) is 2.27. The van der Waals surface area contributed by atoms with E-state index in [2.05, 4.69) is 15.5 Å². The van der Waals surface area contributed by atoms with Gasteiger partial charge in [0.2, 0.25) is 0 Å². The number of benzene rings is 2. The van der Waals surface area contributed by atoms with Gasteiger partial charge in [-0.25, -0.2) is 0 Å². The molecule has 1 N–H and O–H groups in total. The maximum absolute atomic E-state index is 12.7. The minimum absolute atomic E-state index is 0.325. The van der Waals surface area contributed by atoms with Gasteiger partial charge in [-0.3, -0.25) is 9.36 Å². The zero-order chi connectivity index (χ0) is 17.8. The minimum atomic E-state index is -0.358. The van der Waals surface area contributed by atoms with Crippen LogP contribution < -0.4 is 14.8 Å². The fourth-order valence-corrected chi connectivity index (χ4v) is 2.48. The van der Waals surface area contributed by atoms with E-state index in [0.29, 0.717) is 27.8 Å². The first-order valence-corrected chi connectivity index (χ1v) is 7.68. The van der Waals surface area contributed by atoms with Gasteiger partial charge in [-0.2, -0.15) is 0 Å². The molecule has 1 heterocycles. The van der Waals surface area contributed by atoms with Gasteiger partial charge in [-0.1, -0.05) is 11.6 Å². The Morgan fingerprint density at radius 2 is 1.84 bits per heavy atom. The van der Waals surface area contributed by atoms with Crippen LogP contribution in [0.5, 0.6) is 11.5 Å². The average Bonchev–Trinajstić information content (AvgIpc) is 3.17. The van der Waals surface area contributed by atoms with Gasteiger partial charge in [0.1, 0.15) is 24.2 Å². The molecule has 2 aromatic carbocycles. The molecule has 8 heteroatoms. The summed E-state index contributed by atoms with van der Waals surface area (Å²) < 4.78 is 12.1. The standard InChI is InChI=1S/C17H15ClN4O3/c1-24-12-4-6-15(16(8-12)25-2)21-17(23)13-7-11(3-5-14(13)18)22-9-19-20-10-22/h3-10H,1-2H3,(H,21,23). The van der Waals surface area contributed by atoms with Crippen molar-refractivity contribution in [2.24, 2.45) is 0 Å². The summed E-state index contributed by atoms with van der Waals surface area (Å²) in [6, 6.07) is 10.2. The topological polar surface area (TPSA) is 78.3 Å². The van der Waals surface area contributed by atoms with Crippen LogP contribution in [0.15, 0.2) is 49.1 Å². The molecule has 1 amide bonds. The summed E-state index contributed by atoms with van der Waals surface area (Å²) in [5.74, 6) is 0.754. The number of rotatable bonds is 5. The van der Waals surface area contributed by atoms with Crippen molar-refractivity contribution in [2.45, 2.75) is 0 Å². The first-order valence-electron chi connectivity index (χ1n) is 7.30. The number of nitrogens with zero attached hydrogens (tertiary/aromatic N) is 3. The fraction of sp³-hybridized carbons (Fsp3) is 0.118. The first kappa shape index (κ1) is 16.8. The smallest absolute Gasteiger partial charge is 0.257 e. The van der Waals surface area contributed by atoms with Crippen LogP contribution in [0.2, 0.25) is 5.02 Å². The van der Waals surface area contributed by atoms with Gasteiger partial charge in [-0.05, 0) is 30.3 Å². The van der Waals surface area contributed by atoms with E-state index < -0.39 is 0 Å². The number of methoxy groups -OCH3 is 2. The predicted octanol–water partition coefficient (Wildman–Crippen LogP) is 3.19. The Labute approximate surface area is 149 Å². The summed E-state index contributed by atoms with van der Waals surface area (Å²) >= 11 is 6.19. The number of hydrogen-bond acceptors (Lipinski definition) is 5. The number of carbonyl (C=O) groups excluding carboxylic acids is 1. The van der Waals surface area contributed by atoms with Crippen LogP contribution in [-0.2, 0) is 0 Å². The monoisotopic (exact) mass is 358 g/mol. The van der Waals surface area contributed by atoms with Crippen molar-refractivity contribution in [3.05, 3.63) is 59.6 Å². The lowest BCUT2D eigenvalue weighted by atomic mass is 10.1. The second kappa shape index (κ2) is 7.23. The van der Waals surface area contributed by atoms with Gasteiger partial charge in [0.25, 0.3) is 5.91 Å². The Morgan fingerprint density at radius 3 is 2.52 bits per heavy atom. The molecule has 25 heavy (non-hydrogen) atoms. The Balaban J connectivity index is 1.90. The van der Waals surface area contributed by atoms with Crippen molar-refractivity contribution in [3.8, 4) is 17.2 Å². The average molecular weight is 359 g/mol. The van der Waals surface area contributed by atoms with E-state index in [1.807, 2.05) is 0 Å². The van der Waals surface area contributed by atoms with Crippen molar-refractivity contribution in [3.63, 3.8) is 0 Å². The zero-order valence-electron chi connectivity index (χ0n) is 13.6. The molecule has 128 valence electrons. The third-order valence-electron chi connectivity index (χ3n) is 3.57. The summed E-state index contributed by atoms with van der Waals surface area (Å²) in [6.45, 7) is 0. The molecule has 0 unspecified atom stereocenters. The number of anilines is 1. The van der Waals surface area contributed by atoms with Gasteiger partial charge in [0.05, 0.1) is 30.5 Å². The quantitative estimate of drug-likeness (QED) is 0.757. The molecule has 0 bridgehead atoms. The zero-order valence-corrected chi connectivity index (χ0v) is 14.3. The van der Waals surface area contributed by atoms with Crippen LogP contribution in [0.3, 0.4) is 0 Å². The van der Waals surface area contributed by atoms with Crippen molar-refractivity contribution in [1.29, 1.82) is 0 Å². The highest BCUT2D eigenvalue weighted by molar-refractivity contribution is 6.34. The lowest BCUT2D eigenvalue weighted by Crippen LogP contribution is -2.14. The number of ether oxygens (including phenoxy) is 2. The maximum atomic E-state index is 12.7. The molecule has 0 saturated carbocycles. The molecule has 0 aliphatic carbocycles. The largest absolute Gasteiger partial charge is 0.497 e. The van der Waals surface area contributed by atoms with E-state index >= 15 is 0 Å². The highest BCUT2D eigenvalue weighted by atomic mass is 35.5. The Morgan fingerprint density at radius 1 is 1.08 bits per heavy atom. The number of halogens is 1. The summed E-state index contributed by atoms with van der Waals surface area (Å²) in [4.78, 5) is 12.7. The van der Waals surface area contributed by atoms with E-state index in [0.717, 1.165) is 5.69 Å². The number of aromatic nitrogens is 3. The number of nitrogens with one attached hydrogen (secondary N) is 1. The summed E-state index contributed by atoms with van der Waals surface area (Å²) in [5.41, 5.74) is 1.56. The van der Waals surface area contributed by atoms with Crippen molar-refractivity contribution < 1.29 is 14.3 Å².